The molecule has 3 rings (SSSR count). The van der Waals surface area contributed by atoms with Crippen LogP contribution in [0, 0.1) is 5.92 Å². The van der Waals surface area contributed by atoms with Crippen molar-refractivity contribution in [2.24, 2.45) is 11.7 Å². The predicted octanol–water partition coefficient (Wildman–Crippen LogP) is 0.475. The molecule has 1 aromatic rings. The van der Waals surface area contributed by atoms with E-state index < -0.39 is 16.3 Å². The molecule has 168 valence electrons. The molecular weight excluding hydrogens is 465 g/mol. The fourth-order valence-electron chi connectivity index (χ4n) is 3.84. The zero-order valence-corrected chi connectivity index (χ0v) is 19.2. The van der Waals surface area contributed by atoms with Crippen molar-refractivity contribution in [1.29, 1.82) is 0 Å². The number of carbonyl (C=O) groups excluding carboxylic acids is 3. The molecule has 11 heteroatoms. The minimum absolute atomic E-state index is 0.000203. The van der Waals surface area contributed by atoms with Crippen LogP contribution in [0.1, 0.15) is 31.7 Å². The number of nitrogens with two attached hydrogens (primary N) is 2. The Balaban J connectivity index is 1.62. The van der Waals surface area contributed by atoms with Crippen LogP contribution >= 0.6 is 34.8 Å². The maximum Gasteiger partial charge on any atom is 0.313 e. The van der Waals surface area contributed by atoms with Crippen molar-refractivity contribution in [1.82, 2.24) is 10.2 Å². The fraction of sp³-hybridized carbons (Fsp3) is 0.500. The first kappa shape index (κ1) is 23.6. The number of nitrogens with zero attached hydrogens (tertiary/aromatic N) is 1. The first-order chi connectivity index (χ1) is 14.5. The molecule has 0 radical (unpaired) electrons. The molecule has 1 aromatic carbocycles. The van der Waals surface area contributed by atoms with Gasteiger partial charge in [-0.2, -0.15) is 0 Å². The molecule has 0 aromatic heterocycles. The molecule has 1 aliphatic heterocycles. The molecule has 3 atom stereocenters. The van der Waals surface area contributed by atoms with Gasteiger partial charge in [0.2, 0.25) is 11.8 Å². The van der Waals surface area contributed by atoms with Gasteiger partial charge in [0.25, 0.3) is 5.71 Å². The van der Waals surface area contributed by atoms with E-state index in [1.807, 2.05) is 6.92 Å². The summed E-state index contributed by atoms with van der Waals surface area (Å²) in [5.41, 5.74) is 5.88. The van der Waals surface area contributed by atoms with Crippen LogP contribution in [0.4, 0.5) is 5.69 Å². The zero-order valence-electron chi connectivity index (χ0n) is 17.0. The molecule has 1 saturated carbocycles. The van der Waals surface area contributed by atoms with E-state index in [2.05, 4.69) is 10.6 Å². The van der Waals surface area contributed by atoms with Gasteiger partial charge in [-0.05, 0) is 44.4 Å². The van der Waals surface area contributed by atoms with Crippen LogP contribution in [-0.2, 0) is 14.4 Å². The first-order valence-corrected chi connectivity index (χ1v) is 11.1. The number of amides is 3. The van der Waals surface area contributed by atoms with Crippen molar-refractivity contribution in [2.75, 3.05) is 18.4 Å². The van der Waals surface area contributed by atoms with Crippen molar-refractivity contribution in [3.63, 3.8) is 0 Å². The van der Waals surface area contributed by atoms with Gasteiger partial charge in [-0.1, -0.05) is 11.6 Å². The summed E-state index contributed by atoms with van der Waals surface area (Å²) < 4.78 is -0.791. The van der Waals surface area contributed by atoms with Gasteiger partial charge in [-0.25, -0.2) is 5.41 Å². The molecule has 0 unspecified atom stereocenters. The standard InChI is InChI=1S/C20H24Cl3N5O3/c1-10(13-8-20(13,22)23)27-19(31)15-3-2-6-28(15)16(29)9-26-14-7-11(21)4-5-12(14)17(24)18(25)30/h4-5,7,10,13,15,24,26H,2-3,6,8-9H2,1H3,(H2,25,30)(H,27,31)/p+1/t10-,13-,15+/m1/s1. The van der Waals surface area contributed by atoms with Crippen LogP contribution in [0.2, 0.25) is 5.02 Å². The van der Waals surface area contributed by atoms with Crippen LogP contribution in [0.5, 0.6) is 0 Å². The van der Waals surface area contributed by atoms with E-state index in [1.165, 1.54) is 0 Å². The van der Waals surface area contributed by atoms with Crippen LogP contribution < -0.4 is 21.8 Å². The third-order valence-corrected chi connectivity index (χ3v) is 6.80. The van der Waals surface area contributed by atoms with Gasteiger partial charge >= 0.3 is 5.91 Å². The molecule has 1 saturated heterocycles. The van der Waals surface area contributed by atoms with Gasteiger partial charge in [-0.15, -0.1) is 23.2 Å². The maximum absolute atomic E-state index is 12.8. The van der Waals surface area contributed by atoms with Crippen LogP contribution in [0.25, 0.3) is 0 Å². The highest BCUT2D eigenvalue weighted by Crippen LogP contribution is 2.54. The third kappa shape index (κ3) is 5.42. The van der Waals surface area contributed by atoms with Gasteiger partial charge in [0.15, 0.2) is 0 Å². The van der Waals surface area contributed by atoms with E-state index in [4.69, 9.17) is 45.9 Å². The quantitative estimate of drug-likeness (QED) is 0.312. The summed E-state index contributed by atoms with van der Waals surface area (Å²) in [4.78, 5) is 38.6. The number of hydrogen-bond acceptors (Lipinski definition) is 4. The molecule has 0 bridgehead atoms. The van der Waals surface area contributed by atoms with Gasteiger partial charge in [-0.3, -0.25) is 14.4 Å². The Morgan fingerprint density at radius 2 is 2.03 bits per heavy atom. The molecule has 2 fully saturated rings. The van der Waals surface area contributed by atoms with Crippen LogP contribution in [0.15, 0.2) is 18.2 Å². The lowest BCUT2D eigenvalue weighted by atomic mass is 10.1. The largest absolute Gasteiger partial charge is 0.375 e. The normalized spacial score (nSPS) is 22.5. The SMILES string of the molecule is C[C@@H](NC(=O)[C@@H]1CCCN1C(=O)CNc1cc(Cl)ccc1C(=[NH2+])C(N)=O)[C@H]1CC1(Cl)Cl. The summed E-state index contributed by atoms with van der Waals surface area (Å²) in [6, 6.07) is 3.93. The Morgan fingerprint density at radius 3 is 2.65 bits per heavy atom. The molecule has 2 aliphatic rings. The molecule has 1 heterocycles. The highest BCUT2D eigenvalue weighted by molar-refractivity contribution is 6.51. The lowest BCUT2D eigenvalue weighted by molar-refractivity contribution is -0.137. The number of rotatable bonds is 8. The number of alkyl halides is 2. The Hall–Kier alpha value is -2.03. The number of anilines is 1. The van der Waals surface area contributed by atoms with Crippen molar-refractivity contribution >= 4 is 63.9 Å². The lowest BCUT2D eigenvalue weighted by Crippen LogP contribution is -2.50. The second-order valence-corrected chi connectivity index (χ2v) is 9.91. The second-order valence-electron chi connectivity index (χ2n) is 7.94. The summed E-state index contributed by atoms with van der Waals surface area (Å²) in [5.74, 6) is -1.26. The molecule has 1 aliphatic carbocycles. The van der Waals surface area contributed by atoms with Gasteiger partial charge < -0.3 is 21.3 Å². The Bertz CT molecular complexity index is 923. The van der Waals surface area contributed by atoms with Crippen molar-refractivity contribution < 1.29 is 19.8 Å². The Labute approximate surface area is 195 Å². The van der Waals surface area contributed by atoms with E-state index >= 15 is 0 Å². The smallest absolute Gasteiger partial charge is 0.313 e. The van der Waals surface area contributed by atoms with Crippen LogP contribution in [0.3, 0.4) is 0 Å². The summed E-state index contributed by atoms with van der Waals surface area (Å²) in [6.07, 6.45) is 1.93. The average molecular weight is 490 g/mol. The van der Waals surface area contributed by atoms with E-state index in [9.17, 15) is 14.4 Å². The molecule has 8 nitrogen and oxygen atoms in total. The summed E-state index contributed by atoms with van der Waals surface area (Å²) >= 11 is 18.2. The first-order valence-electron chi connectivity index (χ1n) is 9.95. The van der Waals surface area contributed by atoms with Crippen molar-refractivity contribution in [3.8, 4) is 0 Å². The number of likely N-dealkylation sites (tertiary alicyclic amines) is 1. The predicted molar refractivity (Wildman–Crippen MR) is 120 cm³/mol. The van der Waals surface area contributed by atoms with E-state index in [1.54, 1.807) is 23.1 Å². The summed E-state index contributed by atoms with van der Waals surface area (Å²) in [5, 5.41) is 12.1. The average Bonchev–Trinajstić information content (AvgIpc) is 3.12. The fourth-order valence-corrected chi connectivity index (χ4v) is 4.72. The summed E-state index contributed by atoms with van der Waals surface area (Å²) in [7, 11) is 0. The van der Waals surface area contributed by atoms with E-state index in [-0.39, 0.29) is 36.0 Å². The summed E-state index contributed by atoms with van der Waals surface area (Å²) in [6.45, 7) is 2.23. The molecule has 3 amide bonds. The van der Waals surface area contributed by atoms with Crippen molar-refractivity contribution in [3.05, 3.63) is 28.8 Å². The minimum Gasteiger partial charge on any atom is -0.375 e. The number of benzene rings is 1. The number of nitrogens with one attached hydrogen (secondary N) is 2. The number of halogens is 3. The Morgan fingerprint density at radius 1 is 1.35 bits per heavy atom. The third-order valence-electron chi connectivity index (χ3n) is 5.69. The number of hydrogen-bond donors (Lipinski definition) is 4. The van der Waals surface area contributed by atoms with Gasteiger partial charge in [0, 0.05) is 23.5 Å². The van der Waals surface area contributed by atoms with Gasteiger partial charge in [0.1, 0.15) is 10.4 Å². The highest BCUT2D eigenvalue weighted by atomic mass is 35.5. The monoisotopic (exact) mass is 488 g/mol. The zero-order chi connectivity index (χ0) is 22.9. The van der Waals surface area contributed by atoms with E-state index in [0.29, 0.717) is 35.7 Å². The lowest BCUT2D eigenvalue weighted by Gasteiger charge is -2.26. The maximum atomic E-state index is 12.8. The van der Waals surface area contributed by atoms with Gasteiger partial charge in [0.05, 0.1) is 17.8 Å². The highest BCUT2D eigenvalue weighted by Gasteiger charge is 2.55. The number of primary amides is 1. The van der Waals surface area contributed by atoms with E-state index in [0.717, 1.165) is 6.42 Å². The molecular formula is C20H25Cl3N5O3+. The molecule has 0 spiro atoms. The minimum atomic E-state index is -0.791. The molecule has 31 heavy (non-hydrogen) atoms. The van der Waals surface area contributed by atoms with Crippen LogP contribution in [-0.4, -0.2) is 57.8 Å². The topological polar surface area (TPSA) is 130 Å². The number of carbonyl (C=O) groups is 3. The Kier molecular flexibility index (Phi) is 7.03. The van der Waals surface area contributed by atoms with Crippen molar-refractivity contribution in [2.45, 2.75) is 42.6 Å². The second kappa shape index (κ2) is 9.22. The molecule has 6 N–H and O–H groups in total.